The summed E-state index contributed by atoms with van der Waals surface area (Å²) in [5.41, 5.74) is 0.707. The number of carbonyl (C=O) groups excluding carboxylic acids is 1. The van der Waals surface area contributed by atoms with Crippen LogP contribution in [0.3, 0.4) is 0 Å². The van der Waals surface area contributed by atoms with Gasteiger partial charge in [0.25, 0.3) is 0 Å². The largest absolute Gasteiger partial charge is 0.481 e. The van der Waals surface area contributed by atoms with Crippen molar-refractivity contribution in [2.45, 2.75) is 13.3 Å². The normalized spacial score (nSPS) is 11.7. The summed E-state index contributed by atoms with van der Waals surface area (Å²) in [6, 6.07) is 7.07. The third kappa shape index (κ3) is 5.85. The van der Waals surface area contributed by atoms with Gasteiger partial charge in [-0.15, -0.1) is 0 Å². The van der Waals surface area contributed by atoms with Crippen molar-refractivity contribution >= 4 is 40.3 Å². The topological polar surface area (TPSA) is 78.4 Å². The molecule has 0 bridgehead atoms. The number of rotatable bonds is 5. The Morgan fingerprint density at radius 3 is 2.50 bits per heavy atom. The summed E-state index contributed by atoms with van der Waals surface area (Å²) in [5, 5.41) is 13.9. The molecule has 0 aliphatic rings. The fraction of sp³-hybridized carbons (Fsp3) is 0.333. The van der Waals surface area contributed by atoms with Crippen LogP contribution in [0.2, 0.25) is 0 Å². The van der Waals surface area contributed by atoms with Gasteiger partial charge in [0.2, 0.25) is 0 Å². The Bertz CT molecular complexity index is 420. The summed E-state index contributed by atoms with van der Waals surface area (Å²) in [7, 11) is 0. The first-order chi connectivity index (χ1) is 8.47. The van der Waals surface area contributed by atoms with Gasteiger partial charge in [0, 0.05) is 22.2 Å². The summed E-state index contributed by atoms with van der Waals surface area (Å²) in [6.07, 6.45) is 0.0454. The summed E-state index contributed by atoms with van der Waals surface area (Å²) in [5.74, 6) is -0.952. The monoisotopic (exact) mass is 362 g/mol. The van der Waals surface area contributed by atoms with Crippen LogP contribution in [0.1, 0.15) is 13.3 Å². The number of aliphatic carboxylic acids is 1. The molecular formula is C12H15IN2O3. The molecule has 1 unspecified atom stereocenters. The van der Waals surface area contributed by atoms with E-state index in [0.29, 0.717) is 12.2 Å². The molecule has 3 N–H and O–H groups in total. The smallest absolute Gasteiger partial charge is 0.319 e. The molecule has 0 saturated carbocycles. The van der Waals surface area contributed by atoms with Crippen LogP contribution in [0, 0.1) is 9.49 Å². The summed E-state index contributed by atoms with van der Waals surface area (Å²) >= 11 is 2.18. The van der Waals surface area contributed by atoms with E-state index in [1.54, 1.807) is 6.92 Å². The molecule has 1 rings (SSSR count). The van der Waals surface area contributed by atoms with Gasteiger partial charge < -0.3 is 15.7 Å². The number of nitrogens with one attached hydrogen (secondary N) is 2. The van der Waals surface area contributed by atoms with E-state index < -0.39 is 5.97 Å². The van der Waals surface area contributed by atoms with Crippen molar-refractivity contribution in [3.8, 4) is 0 Å². The van der Waals surface area contributed by atoms with Crippen LogP contribution in [0.15, 0.2) is 24.3 Å². The van der Waals surface area contributed by atoms with Gasteiger partial charge in [-0.2, -0.15) is 0 Å². The van der Waals surface area contributed by atoms with Crippen LogP contribution in [0.5, 0.6) is 0 Å². The van der Waals surface area contributed by atoms with Crippen molar-refractivity contribution in [3.05, 3.63) is 27.8 Å². The van der Waals surface area contributed by atoms with Gasteiger partial charge in [-0.3, -0.25) is 4.79 Å². The molecule has 2 amide bonds. The van der Waals surface area contributed by atoms with Crippen LogP contribution >= 0.6 is 22.6 Å². The average Bonchev–Trinajstić information content (AvgIpc) is 2.29. The Morgan fingerprint density at radius 2 is 1.94 bits per heavy atom. The molecule has 1 aromatic rings. The van der Waals surface area contributed by atoms with Gasteiger partial charge in [0.1, 0.15) is 0 Å². The van der Waals surface area contributed by atoms with Crippen LogP contribution in [-0.2, 0) is 4.79 Å². The van der Waals surface area contributed by atoms with Crippen LogP contribution in [0.4, 0.5) is 10.5 Å². The van der Waals surface area contributed by atoms with Crippen LogP contribution in [-0.4, -0.2) is 23.7 Å². The lowest BCUT2D eigenvalue weighted by Crippen LogP contribution is -2.32. The highest BCUT2D eigenvalue weighted by Crippen LogP contribution is 2.10. The summed E-state index contributed by atoms with van der Waals surface area (Å²) in [6.45, 7) is 2.11. The molecule has 98 valence electrons. The molecule has 0 aliphatic carbocycles. The van der Waals surface area contributed by atoms with Gasteiger partial charge >= 0.3 is 12.0 Å². The number of anilines is 1. The molecule has 1 aromatic carbocycles. The van der Waals surface area contributed by atoms with E-state index in [1.807, 2.05) is 24.3 Å². The number of urea groups is 1. The lowest BCUT2D eigenvalue weighted by molar-refractivity contribution is -0.137. The molecule has 0 radical (unpaired) electrons. The number of amides is 2. The predicted octanol–water partition coefficient (Wildman–Crippen LogP) is 2.52. The maximum atomic E-state index is 11.5. The number of carbonyl (C=O) groups is 2. The summed E-state index contributed by atoms with van der Waals surface area (Å²) < 4.78 is 1.09. The Morgan fingerprint density at radius 1 is 1.33 bits per heavy atom. The fourth-order valence-corrected chi connectivity index (χ4v) is 1.71. The van der Waals surface area contributed by atoms with Gasteiger partial charge in [0.05, 0.1) is 0 Å². The Kier molecular flexibility index (Phi) is 5.90. The second-order valence-corrected chi connectivity index (χ2v) is 5.29. The van der Waals surface area contributed by atoms with E-state index >= 15 is 0 Å². The van der Waals surface area contributed by atoms with Crippen LogP contribution in [0.25, 0.3) is 0 Å². The van der Waals surface area contributed by atoms with Gasteiger partial charge in [-0.1, -0.05) is 6.92 Å². The first kappa shape index (κ1) is 14.7. The minimum absolute atomic E-state index is 0.0454. The number of carboxylic acids is 1. The SMILES string of the molecule is CC(CNC(=O)Nc1ccc(I)cc1)CC(=O)O. The zero-order valence-corrected chi connectivity index (χ0v) is 12.1. The predicted molar refractivity (Wildman–Crippen MR) is 77.6 cm³/mol. The molecule has 1 atom stereocenters. The Labute approximate surface area is 119 Å². The van der Waals surface area contributed by atoms with E-state index in [0.717, 1.165) is 3.57 Å². The zero-order valence-electron chi connectivity index (χ0n) is 9.94. The van der Waals surface area contributed by atoms with Crippen molar-refractivity contribution < 1.29 is 14.7 Å². The second kappa shape index (κ2) is 7.20. The van der Waals surface area contributed by atoms with Crippen molar-refractivity contribution in [1.29, 1.82) is 0 Å². The maximum absolute atomic E-state index is 11.5. The molecule has 0 aliphatic heterocycles. The van der Waals surface area contributed by atoms with Crippen molar-refractivity contribution in [3.63, 3.8) is 0 Å². The van der Waals surface area contributed by atoms with Gasteiger partial charge in [-0.05, 0) is 52.8 Å². The quantitative estimate of drug-likeness (QED) is 0.705. The van der Waals surface area contributed by atoms with E-state index in [2.05, 4.69) is 33.2 Å². The highest BCUT2D eigenvalue weighted by molar-refractivity contribution is 14.1. The first-order valence-corrected chi connectivity index (χ1v) is 6.57. The molecule has 0 fully saturated rings. The molecule has 0 saturated heterocycles. The molecular weight excluding hydrogens is 347 g/mol. The number of halogens is 1. The summed E-state index contributed by atoms with van der Waals surface area (Å²) in [4.78, 5) is 22.0. The van der Waals surface area contributed by atoms with E-state index in [9.17, 15) is 9.59 Å². The molecule has 6 heteroatoms. The lowest BCUT2D eigenvalue weighted by Gasteiger charge is -2.11. The molecule has 0 heterocycles. The van der Waals surface area contributed by atoms with Crippen LogP contribution < -0.4 is 10.6 Å². The van der Waals surface area contributed by atoms with Crippen molar-refractivity contribution in [1.82, 2.24) is 5.32 Å². The average molecular weight is 362 g/mol. The molecule has 5 nitrogen and oxygen atoms in total. The van der Waals surface area contributed by atoms with E-state index in [1.165, 1.54) is 0 Å². The number of benzene rings is 1. The molecule has 18 heavy (non-hydrogen) atoms. The molecule has 0 spiro atoms. The Balaban J connectivity index is 2.33. The van der Waals surface area contributed by atoms with Crippen molar-refractivity contribution in [2.24, 2.45) is 5.92 Å². The highest BCUT2D eigenvalue weighted by atomic mass is 127. The fourth-order valence-electron chi connectivity index (χ4n) is 1.35. The van der Waals surface area contributed by atoms with Crippen molar-refractivity contribution in [2.75, 3.05) is 11.9 Å². The third-order valence-electron chi connectivity index (χ3n) is 2.24. The standard InChI is InChI=1S/C12H15IN2O3/c1-8(6-11(16)17)7-14-12(18)15-10-4-2-9(13)3-5-10/h2-5,8H,6-7H2,1H3,(H,16,17)(H2,14,15,18). The minimum atomic E-state index is -0.859. The minimum Gasteiger partial charge on any atom is -0.481 e. The van der Waals surface area contributed by atoms with Gasteiger partial charge in [0.15, 0.2) is 0 Å². The number of hydrogen-bond acceptors (Lipinski definition) is 2. The second-order valence-electron chi connectivity index (χ2n) is 4.04. The highest BCUT2D eigenvalue weighted by Gasteiger charge is 2.09. The first-order valence-electron chi connectivity index (χ1n) is 5.49. The van der Waals surface area contributed by atoms with E-state index in [-0.39, 0.29) is 18.4 Å². The lowest BCUT2D eigenvalue weighted by atomic mass is 10.1. The third-order valence-corrected chi connectivity index (χ3v) is 2.96. The maximum Gasteiger partial charge on any atom is 0.319 e. The van der Waals surface area contributed by atoms with E-state index in [4.69, 9.17) is 5.11 Å². The Hall–Kier alpha value is -1.31. The zero-order chi connectivity index (χ0) is 13.5. The molecule has 0 aromatic heterocycles. The number of carboxylic acid groups (broad SMARTS) is 1. The van der Waals surface area contributed by atoms with Gasteiger partial charge in [-0.25, -0.2) is 4.79 Å². The number of hydrogen-bond donors (Lipinski definition) is 3.